The summed E-state index contributed by atoms with van der Waals surface area (Å²) in [6, 6.07) is 14.2. The van der Waals surface area contributed by atoms with Gasteiger partial charge in [0.05, 0.1) is 6.42 Å². The molecule has 3 rings (SSSR count). The predicted molar refractivity (Wildman–Crippen MR) is 83.9 cm³/mol. The molecule has 0 saturated carbocycles. The normalized spacial score (nSPS) is 20.8. The maximum atomic E-state index is 12.2. The predicted octanol–water partition coefficient (Wildman–Crippen LogP) is 2.44. The van der Waals surface area contributed by atoms with Crippen molar-refractivity contribution in [3.05, 3.63) is 60.2 Å². The number of amides is 1. The van der Waals surface area contributed by atoms with Crippen LogP contribution in [0.4, 0.5) is 0 Å². The number of aliphatic hydroxyl groups is 1. The molecule has 21 heavy (non-hydrogen) atoms. The van der Waals surface area contributed by atoms with Crippen LogP contribution in [0.2, 0.25) is 0 Å². The maximum absolute atomic E-state index is 12.2. The van der Waals surface area contributed by atoms with E-state index >= 15 is 0 Å². The van der Waals surface area contributed by atoms with Crippen molar-refractivity contribution in [1.29, 1.82) is 0 Å². The van der Waals surface area contributed by atoms with Crippen LogP contribution in [0.3, 0.4) is 0 Å². The summed E-state index contributed by atoms with van der Waals surface area (Å²) in [7, 11) is 0. The molecule has 1 amide bonds. The fourth-order valence-corrected chi connectivity index (χ4v) is 2.89. The molecule has 2 aromatic rings. The molecule has 108 valence electrons. The Morgan fingerprint density at radius 1 is 1.14 bits per heavy atom. The molecule has 0 bridgehead atoms. The highest BCUT2D eigenvalue weighted by atomic mass is 16.3. The highest BCUT2D eigenvalue weighted by Gasteiger charge is 2.19. The fraction of sp³-hybridized carbons (Fsp3) is 0.278. The quantitative estimate of drug-likeness (QED) is 0.846. The van der Waals surface area contributed by atoms with Gasteiger partial charge in [-0.2, -0.15) is 0 Å². The van der Waals surface area contributed by atoms with Gasteiger partial charge in [0.15, 0.2) is 0 Å². The molecule has 0 heterocycles. The maximum Gasteiger partial charge on any atom is 0.224 e. The Kier molecular flexibility index (Phi) is 4.02. The molecular formula is C18H19NO2. The molecule has 1 aliphatic carbocycles. The molecule has 2 aromatic carbocycles. The van der Waals surface area contributed by atoms with Crippen molar-refractivity contribution >= 4 is 16.7 Å². The van der Waals surface area contributed by atoms with E-state index in [0.717, 1.165) is 22.8 Å². The number of hydrogen-bond donors (Lipinski definition) is 2. The third-order valence-electron chi connectivity index (χ3n) is 3.98. The zero-order chi connectivity index (χ0) is 14.7. The fourth-order valence-electron chi connectivity index (χ4n) is 2.89. The van der Waals surface area contributed by atoms with Crippen molar-refractivity contribution in [3.8, 4) is 0 Å². The van der Waals surface area contributed by atoms with Gasteiger partial charge in [-0.05, 0) is 22.8 Å². The van der Waals surface area contributed by atoms with Gasteiger partial charge in [0.1, 0.15) is 0 Å². The van der Waals surface area contributed by atoms with Crippen molar-refractivity contribution in [2.45, 2.75) is 18.9 Å². The highest BCUT2D eigenvalue weighted by molar-refractivity contribution is 5.90. The van der Waals surface area contributed by atoms with E-state index < -0.39 is 0 Å². The standard InChI is InChI=1S/C18H19NO2/c20-12-13-8-9-16(10-13)19-18(21)11-15-6-3-5-14-4-1-2-7-17(14)15/h1-9,13,16,20H,10-12H2,(H,19,21)/t13-,16+/m0/s1. The van der Waals surface area contributed by atoms with Gasteiger partial charge in [-0.1, -0.05) is 54.6 Å². The molecule has 1 aliphatic rings. The minimum Gasteiger partial charge on any atom is -0.396 e. The van der Waals surface area contributed by atoms with Gasteiger partial charge < -0.3 is 10.4 Å². The molecule has 0 unspecified atom stereocenters. The van der Waals surface area contributed by atoms with Gasteiger partial charge in [-0.25, -0.2) is 0 Å². The smallest absolute Gasteiger partial charge is 0.224 e. The van der Waals surface area contributed by atoms with E-state index in [2.05, 4.69) is 23.5 Å². The topological polar surface area (TPSA) is 49.3 Å². The zero-order valence-electron chi connectivity index (χ0n) is 11.8. The molecule has 3 nitrogen and oxygen atoms in total. The summed E-state index contributed by atoms with van der Waals surface area (Å²) in [5.74, 6) is 0.201. The molecule has 0 fully saturated rings. The summed E-state index contributed by atoms with van der Waals surface area (Å²) in [6.45, 7) is 0.145. The van der Waals surface area contributed by atoms with Crippen LogP contribution in [0.25, 0.3) is 10.8 Å². The van der Waals surface area contributed by atoms with E-state index in [0.29, 0.717) is 6.42 Å². The molecule has 0 saturated heterocycles. The third kappa shape index (κ3) is 3.14. The minimum atomic E-state index is 0.0274. The van der Waals surface area contributed by atoms with Crippen LogP contribution in [0.5, 0.6) is 0 Å². The molecular weight excluding hydrogens is 262 g/mol. The van der Waals surface area contributed by atoms with Crippen LogP contribution >= 0.6 is 0 Å². The molecule has 3 heteroatoms. The zero-order valence-corrected chi connectivity index (χ0v) is 11.8. The SMILES string of the molecule is O=C(Cc1cccc2ccccc12)N[C@@H]1C=C[C@H](CO)C1. The summed E-state index contributed by atoms with van der Waals surface area (Å²) in [6.07, 6.45) is 5.12. The van der Waals surface area contributed by atoms with Gasteiger partial charge in [-0.15, -0.1) is 0 Å². The van der Waals surface area contributed by atoms with Crippen LogP contribution in [0.1, 0.15) is 12.0 Å². The first-order valence-corrected chi connectivity index (χ1v) is 7.31. The van der Waals surface area contributed by atoms with E-state index in [1.165, 1.54) is 0 Å². The van der Waals surface area contributed by atoms with Gasteiger partial charge in [-0.3, -0.25) is 4.79 Å². The van der Waals surface area contributed by atoms with Crippen molar-refractivity contribution in [1.82, 2.24) is 5.32 Å². The second-order valence-electron chi connectivity index (χ2n) is 5.55. The number of carbonyl (C=O) groups excluding carboxylic acids is 1. The second kappa shape index (κ2) is 6.10. The van der Waals surface area contributed by atoms with Gasteiger partial charge in [0, 0.05) is 18.6 Å². The van der Waals surface area contributed by atoms with Crippen LogP contribution in [-0.2, 0) is 11.2 Å². The molecule has 2 N–H and O–H groups in total. The number of benzene rings is 2. The summed E-state index contributed by atoms with van der Waals surface area (Å²) < 4.78 is 0. The first-order chi connectivity index (χ1) is 10.3. The monoisotopic (exact) mass is 281 g/mol. The lowest BCUT2D eigenvalue weighted by molar-refractivity contribution is -0.120. The van der Waals surface area contributed by atoms with Crippen LogP contribution in [0.15, 0.2) is 54.6 Å². The van der Waals surface area contributed by atoms with Crippen LogP contribution in [0, 0.1) is 5.92 Å². The van der Waals surface area contributed by atoms with E-state index in [1.807, 2.05) is 36.4 Å². The number of nitrogens with one attached hydrogen (secondary N) is 1. The Balaban J connectivity index is 1.68. The third-order valence-corrected chi connectivity index (χ3v) is 3.98. The Morgan fingerprint density at radius 2 is 1.95 bits per heavy atom. The van der Waals surface area contributed by atoms with E-state index in [-0.39, 0.29) is 24.5 Å². The Morgan fingerprint density at radius 3 is 2.76 bits per heavy atom. The number of carbonyl (C=O) groups is 1. The molecule has 0 radical (unpaired) electrons. The second-order valence-corrected chi connectivity index (χ2v) is 5.55. The average Bonchev–Trinajstić information content (AvgIpc) is 2.95. The van der Waals surface area contributed by atoms with Gasteiger partial charge in [0.25, 0.3) is 0 Å². The van der Waals surface area contributed by atoms with E-state index in [4.69, 9.17) is 5.11 Å². The Bertz CT molecular complexity index is 672. The largest absolute Gasteiger partial charge is 0.396 e. The molecule has 0 aliphatic heterocycles. The highest BCUT2D eigenvalue weighted by Crippen LogP contribution is 2.20. The van der Waals surface area contributed by atoms with Gasteiger partial charge >= 0.3 is 0 Å². The first-order valence-electron chi connectivity index (χ1n) is 7.31. The summed E-state index contributed by atoms with van der Waals surface area (Å²) in [4.78, 5) is 12.2. The van der Waals surface area contributed by atoms with Crippen molar-refractivity contribution < 1.29 is 9.90 Å². The number of fused-ring (bicyclic) bond motifs is 1. The van der Waals surface area contributed by atoms with Crippen LogP contribution in [-0.4, -0.2) is 23.7 Å². The lowest BCUT2D eigenvalue weighted by Gasteiger charge is -2.13. The van der Waals surface area contributed by atoms with Crippen molar-refractivity contribution in [2.75, 3.05) is 6.61 Å². The molecule has 0 spiro atoms. The van der Waals surface area contributed by atoms with E-state index in [9.17, 15) is 4.79 Å². The Labute approximate surface area is 124 Å². The molecule has 2 atom stereocenters. The summed E-state index contributed by atoms with van der Waals surface area (Å²) >= 11 is 0. The van der Waals surface area contributed by atoms with Gasteiger partial charge in [0.2, 0.25) is 5.91 Å². The average molecular weight is 281 g/mol. The van der Waals surface area contributed by atoms with Crippen molar-refractivity contribution in [3.63, 3.8) is 0 Å². The first kappa shape index (κ1) is 13.8. The van der Waals surface area contributed by atoms with Crippen LogP contribution < -0.4 is 5.32 Å². The number of aliphatic hydroxyl groups excluding tert-OH is 1. The summed E-state index contributed by atoms with van der Waals surface area (Å²) in [5.41, 5.74) is 1.05. The van der Waals surface area contributed by atoms with Crippen molar-refractivity contribution in [2.24, 2.45) is 5.92 Å². The number of rotatable bonds is 4. The lowest BCUT2D eigenvalue weighted by Crippen LogP contribution is -2.34. The number of hydrogen-bond acceptors (Lipinski definition) is 2. The lowest BCUT2D eigenvalue weighted by atomic mass is 10.0. The molecule has 0 aromatic heterocycles. The van der Waals surface area contributed by atoms with E-state index in [1.54, 1.807) is 0 Å². The summed E-state index contributed by atoms with van der Waals surface area (Å²) in [5, 5.41) is 14.4. The Hall–Kier alpha value is -2.13. The minimum absolute atomic E-state index is 0.0274.